The lowest BCUT2D eigenvalue weighted by Gasteiger charge is -1.93. The highest BCUT2D eigenvalue weighted by molar-refractivity contribution is 4.39. The van der Waals surface area contributed by atoms with Crippen molar-refractivity contribution >= 4 is 0 Å². The smallest absolute Gasteiger partial charge is 0.145 e. The van der Waals surface area contributed by atoms with Gasteiger partial charge in [0, 0.05) is 14.2 Å². The zero-order valence-electron chi connectivity index (χ0n) is 9.77. The van der Waals surface area contributed by atoms with Gasteiger partial charge in [0.15, 0.2) is 0 Å². The molecule has 0 radical (unpaired) electrons. The van der Waals surface area contributed by atoms with E-state index in [1.54, 1.807) is 14.2 Å². The molecule has 13 heavy (non-hydrogen) atoms. The van der Waals surface area contributed by atoms with Crippen LogP contribution < -0.4 is 0 Å². The van der Waals surface area contributed by atoms with E-state index in [9.17, 15) is 0 Å². The van der Waals surface area contributed by atoms with Crippen molar-refractivity contribution in [3.8, 4) is 0 Å². The van der Waals surface area contributed by atoms with Crippen molar-refractivity contribution in [1.82, 2.24) is 0 Å². The van der Waals surface area contributed by atoms with E-state index in [0.29, 0.717) is 6.79 Å². The highest BCUT2D eigenvalue weighted by atomic mass is 16.6. The van der Waals surface area contributed by atoms with Crippen molar-refractivity contribution in [1.29, 1.82) is 0 Å². The molecular weight excluding hydrogens is 164 g/mol. The van der Waals surface area contributed by atoms with Crippen LogP contribution in [0.15, 0.2) is 0 Å². The molecule has 0 saturated heterocycles. The van der Waals surface area contributed by atoms with Crippen LogP contribution in [0.4, 0.5) is 0 Å². The SMILES string of the molecule is CCCCCCCC.COCOC. The second-order valence-electron chi connectivity index (χ2n) is 3.11. The monoisotopic (exact) mass is 190 g/mol. The predicted octanol–water partition coefficient (Wildman–Crippen LogP) is 3.60. The van der Waals surface area contributed by atoms with Gasteiger partial charge in [0.05, 0.1) is 0 Å². The maximum Gasteiger partial charge on any atom is 0.145 e. The van der Waals surface area contributed by atoms with Gasteiger partial charge in [-0.15, -0.1) is 0 Å². The van der Waals surface area contributed by atoms with Gasteiger partial charge in [-0.25, -0.2) is 0 Å². The Morgan fingerprint density at radius 3 is 1.23 bits per heavy atom. The average Bonchev–Trinajstić information content (AvgIpc) is 2.15. The van der Waals surface area contributed by atoms with E-state index >= 15 is 0 Å². The zero-order valence-corrected chi connectivity index (χ0v) is 9.77. The Kier molecular flexibility index (Phi) is 21.2. The summed E-state index contributed by atoms with van der Waals surface area (Å²) in [6, 6.07) is 0. The third-order valence-electron chi connectivity index (χ3n) is 1.69. The van der Waals surface area contributed by atoms with Crippen LogP contribution in [0.25, 0.3) is 0 Å². The summed E-state index contributed by atoms with van der Waals surface area (Å²) in [5, 5.41) is 0. The number of methoxy groups -OCH3 is 2. The molecule has 0 N–H and O–H groups in total. The quantitative estimate of drug-likeness (QED) is 0.451. The number of rotatable bonds is 7. The van der Waals surface area contributed by atoms with Crippen LogP contribution >= 0.6 is 0 Å². The summed E-state index contributed by atoms with van der Waals surface area (Å²) in [5.74, 6) is 0. The second-order valence-corrected chi connectivity index (χ2v) is 3.11. The Hall–Kier alpha value is -0.0800. The maximum atomic E-state index is 4.47. The van der Waals surface area contributed by atoms with Crippen molar-refractivity contribution in [2.24, 2.45) is 0 Å². The van der Waals surface area contributed by atoms with Gasteiger partial charge >= 0.3 is 0 Å². The lowest BCUT2D eigenvalue weighted by molar-refractivity contribution is -0.00271. The molecule has 0 unspecified atom stereocenters. The van der Waals surface area contributed by atoms with Gasteiger partial charge in [-0.1, -0.05) is 52.4 Å². The van der Waals surface area contributed by atoms with Gasteiger partial charge < -0.3 is 9.47 Å². The van der Waals surface area contributed by atoms with Crippen LogP contribution in [0.3, 0.4) is 0 Å². The minimum Gasteiger partial charge on any atom is -0.359 e. The molecule has 0 aliphatic carbocycles. The Bertz CT molecular complexity index is 57.1. The largest absolute Gasteiger partial charge is 0.359 e. The average molecular weight is 190 g/mol. The summed E-state index contributed by atoms with van der Waals surface area (Å²) < 4.78 is 8.94. The number of hydrogen-bond donors (Lipinski definition) is 0. The molecule has 0 rings (SSSR count). The number of unbranched alkanes of at least 4 members (excludes halogenated alkanes) is 5. The van der Waals surface area contributed by atoms with Gasteiger partial charge in [-0.3, -0.25) is 0 Å². The zero-order chi connectivity index (χ0) is 10.4. The van der Waals surface area contributed by atoms with Crippen molar-refractivity contribution < 1.29 is 9.47 Å². The Balaban J connectivity index is 0. The summed E-state index contributed by atoms with van der Waals surface area (Å²) in [6.45, 7) is 4.90. The molecule has 0 fully saturated rings. The summed E-state index contributed by atoms with van der Waals surface area (Å²) in [6.07, 6.45) is 8.49. The van der Waals surface area contributed by atoms with E-state index in [2.05, 4.69) is 23.3 Å². The third-order valence-corrected chi connectivity index (χ3v) is 1.69. The molecule has 0 bridgehead atoms. The first-order valence-electron chi connectivity index (χ1n) is 5.31. The summed E-state index contributed by atoms with van der Waals surface area (Å²) >= 11 is 0. The molecule has 0 aromatic heterocycles. The molecular formula is C11H26O2. The van der Waals surface area contributed by atoms with E-state index in [1.807, 2.05) is 0 Å². The topological polar surface area (TPSA) is 18.5 Å². The molecule has 0 saturated carbocycles. The third kappa shape index (κ3) is 24.5. The van der Waals surface area contributed by atoms with Crippen molar-refractivity contribution in [2.45, 2.75) is 52.4 Å². The second kappa shape index (κ2) is 17.9. The van der Waals surface area contributed by atoms with Gasteiger partial charge in [-0.2, -0.15) is 0 Å². The molecule has 0 atom stereocenters. The highest BCUT2D eigenvalue weighted by Gasteiger charge is 1.83. The van der Waals surface area contributed by atoms with Crippen LogP contribution in [0.1, 0.15) is 52.4 Å². The van der Waals surface area contributed by atoms with E-state index in [4.69, 9.17) is 0 Å². The minimum atomic E-state index is 0.389. The summed E-state index contributed by atoms with van der Waals surface area (Å²) in [4.78, 5) is 0. The van der Waals surface area contributed by atoms with E-state index in [0.717, 1.165) is 0 Å². The molecule has 0 spiro atoms. The van der Waals surface area contributed by atoms with E-state index < -0.39 is 0 Å². The van der Waals surface area contributed by atoms with Crippen LogP contribution in [0.2, 0.25) is 0 Å². The maximum absolute atomic E-state index is 4.47. The molecule has 2 heteroatoms. The number of hydrogen-bond acceptors (Lipinski definition) is 2. The lowest BCUT2D eigenvalue weighted by Crippen LogP contribution is -1.87. The van der Waals surface area contributed by atoms with Gasteiger partial charge in [-0.05, 0) is 0 Å². The first-order chi connectivity index (χ1) is 6.33. The summed E-state index contributed by atoms with van der Waals surface area (Å²) in [5.41, 5.74) is 0. The minimum absolute atomic E-state index is 0.389. The van der Waals surface area contributed by atoms with Gasteiger partial charge in [0.1, 0.15) is 6.79 Å². The molecule has 0 aliphatic heterocycles. The predicted molar refractivity (Wildman–Crippen MR) is 57.9 cm³/mol. The first kappa shape index (κ1) is 15.4. The van der Waals surface area contributed by atoms with E-state index in [1.165, 1.54) is 38.5 Å². The fraction of sp³-hybridized carbons (Fsp3) is 1.00. The van der Waals surface area contributed by atoms with Crippen LogP contribution in [-0.4, -0.2) is 21.0 Å². The van der Waals surface area contributed by atoms with Crippen molar-refractivity contribution in [2.75, 3.05) is 21.0 Å². The van der Waals surface area contributed by atoms with Crippen LogP contribution in [-0.2, 0) is 9.47 Å². The fourth-order valence-electron chi connectivity index (χ4n) is 0.971. The fourth-order valence-corrected chi connectivity index (χ4v) is 0.971. The van der Waals surface area contributed by atoms with Crippen molar-refractivity contribution in [3.05, 3.63) is 0 Å². The number of ether oxygens (including phenoxy) is 2. The molecule has 0 aliphatic rings. The van der Waals surface area contributed by atoms with Crippen molar-refractivity contribution in [3.63, 3.8) is 0 Å². The standard InChI is InChI=1S/C8H18.C3H8O2/c1-3-5-7-8-6-4-2;1-4-3-5-2/h3-8H2,1-2H3;3H2,1-2H3. The normalized spacial score (nSPS) is 9.23. The van der Waals surface area contributed by atoms with Crippen LogP contribution in [0.5, 0.6) is 0 Å². The first-order valence-corrected chi connectivity index (χ1v) is 5.31. The lowest BCUT2D eigenvalue weighted by atomic mass is 10.1. The molecule has 0 amide bonds. The van der Waals surface area contributed by atoms with Gasteiger partial charge in [0.2, 0.25) is 0 Å². The molecule has 82 valence electrons. The van der Waals surface area contributed by atoms with E-state index in [-0.39, 0.29) is 0 Å². The van der Waals surface area contributed by atoms with Crippen LogP contribution in [0, 0.1) is 0 Å². The molecule has 0 aromatic rings. The Labute approximate surface area is 83.6 Å². The molecule has 2 nitrogen and oxygen atoms in total. The van der Waals surface area contributed by atoms with Gasteiger partial charge in [0.25, 0.3) is 0 Å². The highest BCUT2D eigenvalue weighted by Crippen LogP contribution is 2.03. The Morgan fingerprint density at radius 2 is 1.08 bits per heavy atom. The molecule has 0 heterocycles. The summed E-state index contributed by atoms with van der Waals surface area (Å²) in [7, 11) is 3.17. The Morgan fingerprint density at radius 1 is 0.692 bits per heavy atom. The molecule has 0 aromatic carbocycles.